The highest BCUT2D eigenvalue weighted by atomic mass is 16.5. The van der Waals surface area contributed by atoms with E-state index in [0.717, 1.165) is 12.8 Å². The molecule has 0 atom stereocenters. The van der Waals surface area contributed by atoms with E-state index < -0.39 is 0 Å². The van der Waals surface area contributed by atoms with Crippen LogP contribution in [0.25, 0.3) is 0 Å². The molecule has 0 saturated heterocycles. The smallest absolute Gasteiger partial charge is 0.310 e. The minimum atomic E-state index is -0.145. The molecule has 0 saturated carbocycles. The molecule has 0 aromatic heterocycles. The predicted octanol–water partition coefficient (Wildman–Crippen LogP) is 10.1. The molecular weight excluding hydrogens is 368 g/mol. The molecule has 30 heavy (non-hydrogen) atoms. The number of carbonyl (C=O) groups excluding carboxylic acids is 1. The Morgan fingerprint density at radius 1 is 0.533 bits per heavy atom. The van der Waals surface area contributed by atoms with Gasteiger partial charge in [0.1, 0.15) is 0 Å². The number of rotatable bonds is 25. The molecule has 0 aliphatic heterocycles. The van der Waals surface area contributed by atoms with E-state index in [1.165, 1.54) is 141 Å². The van der Waals surface area contributed by atoms with Crippen molar-refractivity contribution in [1.29, 1.82) is 0 Å². The van der Waals surface area contributed by atoms with Gasteiger partial charge in [0.2, 0.25) is 0 Å². The minimum Gasteiger partial charge on any atom is -0.435 e. The highest BCUT2D eigenvalue weighted by Crippen LogP contribution is 2.15. The summed E-state index contributed by atoms with van der Waals surface area (Å²) in [7, 11) is 0. The van der Waals surface area contributed by atoms with Crippen LogP contribution in [-0.4, -0.2) is 5.97 Å². The number of carbonyl (C=O) groups is 1. The third-order valence-corrected chi connectivity index (χ3v) is 6.20. The second kappa shape index (κ2) is 26.2. The standard InChI is InChI=1S/C28H54O2/c1-3-5-6-7-8-9-10-11-12-13-14-15-16-17-18-19-20-21-22-23-24-25-26-27-28(29)30-4-2/h4H,2-3,5-27H2,1H3. The first-order valence-electron chi connectivity index (χ1n) is 13.6. The van der Waals surface area contributed by atoms with Crippen molar-refractivity contribution >= 4 is 5.97 Å². The number of hydrogen-bond donors (Lipinski definition) is 0. The number of ether oxygens (including phenoxy) is 1. The highest BCUT2D eigenvalue weighted by molar-refractivity contribution is 5.69. The van der Waals surface area contributed by atoms with Gasteiger partial charge in [0.25, 0.3) is 0 Å². The van der Waals surface area contributed by atoms with Crippen molar-refractivity contribution in [2.24, 2.45) is 0 Å². The summed E-state index contributed by atoms with van der Waals surface area (Å²) in [6, 6.07) is 0. The first kappa shape index (κ1) is 29.2. The van der Waals surface area contributed by atoms with E-state index in [1.54, 1.807) is 0 Å². The van der Waals surface area contributed by atoms with Crippen LogP contribution in [0.1, 0.15) is 161 Å². The zero-order valence-electron chi connectivity index (χ0n) is 20.6. The van der Waals surface area contributed by atoms with Gasteiger partial charge in [-0.15, -0.1) is 0 Å². The molecule has 2 heteroatoms. The third kappa shape index (κ3) is 25.2. The van der Waals surface area contributed by atoms with Crippen LogP contribution >= 0.6 is 0 Å². The molecule has 0 aliphatic rings. The van der Waals surface area contributed by atoms with E-state index in [2.05, 4.69) is 13.5 Å². The van der Waals surface area contributed by atoms with Crippen molar-refractivity contribution in [2.45, 2.75) is 161 Å². The number of hydrogen-bond acceptors (Lipinski definition) is 2. The van der Waals surface area contributed by atoms with Crippen molar-refractivity contribution in [3.05, 3.63) is 12.8 Å². The minimum absolute atomic E-state index is 0.145. The second-order valence-electron chi connectivity index (χ2n) is 9.18. The molecule has 0 aliphatic carbocycles. The lowest BCUT2D eigenvalue weighted by Gasteiger charge is -2.04. The van der Waals surface area contributed by atoms with Crippen LogP contribution in [0.3, 0.4) is 0 Å². The Morgan fingerprint density at radius 2 is 0.800 bits per heavy atom. The second-order valence-corrected chi connectivity index (χ2v) is 9.18. The average Bonchev–Trinajstić information content (AvgIpc) is 2.74. The Kier molecular flexibility index (Phi) is 25.6. The summed E-state index contributed by atoms with van der Waals surface area (Å²) in [5.74, 6) is -0.145. The van der Waals surface area contributed by atoms with E-state index in [1.807, 2.05) is 0 Å². The lowest BCUT2D eigenvalue weighted by molar-refractivity contribution is -0.138. The maximum absolute atomic E-state index is 11.2. The maximum atomic E-state index is 11.2. The van der Waals surface area contributed by atoms with Crippen LogP contribution in [0, 0.1) is 0 Å². The van der Waals surface area contributed by atoms with Crippen LogP contribution in [0.4, 0.5) is 0 Å². The Labute approximate surface area is 189 Å². The third-order valence-electron chi connectivity index (χ3n) is 6.20. The summed E-state index contributed by atoms with van der Waals surface area (Å²) in [6.45, 7) is 5.69. The van der Waals surface area contributed by atoms with Crippen LogP contribution < -0.4 is 0 Å². The molecule has 0 radical (unpaired) electrons. The molecule has 0 aromatic rings. The van der Waals surface area contributed by atoms with Crippen LogP contribution in [0.5, 0.6) is 0 Å². The molecule has 0 N–H and O–H groups in total. The summed E-state index contributed by atoms with van der Waals surface area (Å²) in [6.07, 6.45) is 33.7. The van der Waals surface area contributed by atoms with Gasteiger partial charge >= 0.3 is 5.97 Å². The molecule has 178 valence electrons. The van der Waals surface area contributed by atoms with Crippen molar-refractivity contribution < 1.29 is 9.53 Å². The highest BCUT2D eigenvalue weighted by Gasteiger charge is 2.00. The van der Waals surface area contributed by atoms with E-state index in [4.69, 9.17) is 4.74 Å². The molecule has 0 unspecified atom stereocenters. The van der Waals surface area contributed by atoms with Crippen molar-refractivity contribution in [2.75, 3.05) is 0 Å². The molecule has 0 aromatic carbocycles. The van der Waals surface area contributed by atoms with Gasteiger partial charge in [-0.2, -0.15) is 0 Å². The van der Waals surface area contributed by atoms with Crippen molar-refractivity contribution in [3.8, 4) is 0 Å². The summed E-state index contributed by atoms with van der Waals surface area (Å²) >= 11 is 0. The Morgan fingerprint density at radius 3 is 1.07 bits per heavy atom. The molecular formula is C28H54O2. The van der Waals surface area contributed by atoms with Crippen LogP contribution in [-0.2, 0) is 9.53 Å². The fourth-order valence-electron chi connectivity index (χ4n) is 4.21. The van der Waals surface area contributed by atoms with E-state index in [9.17, 15) is 4.79 Å². The average molecular weight is 423 g/mol. The zero-order chi connectivity index (χ0) is 22.0. The lowest BCUT2D eigenvalue weighted by atomic mass is 10.0. The predicted molar refractivity (Wildman–Crippen MR) is 133 cm³/mol. The summed E-state index contributed by atoms with van der Waals surface area (Å²) < 4.78 is 4.72. The van der Waals surface area contributed by atoms with E-state index in [-0.39, 0.29) is 5.97 Å². The summed E-state index contributed by atoms with van der Waals surface area (Å²) in [5, 5.41) is 0. The molecule has 0 amide bonds. The number of unbranched alkanes of at least 4 members (excludes halogenated alkanes) is 22. The van der Waals surface area contributed by atoms with Gasteiger partial charge in [-0.25, -0.2) is 0 Å². The van der Waals surface area contributed by atoms with E-state index >= 15 is 0 Å². The summed E-state index contributed by atoms with van der Waals surface area (Å²) in [5.41, 5.74) is 0. The van der Waals surface area contributed by atoms with E-state index in [0.29, 0.717) is 6.42 Å². The largest absolute Gasteiger partial charge is 0.435 e. The van der Waals surface area contributed by atoms with Crippen molar-refractivity contribution in [3.63, 3.8) is 0 Å². The first-order chi connectivity index (χ1) is 14.8. The fraction of sp³-hybridized carbons (Fsp3) is 0.893. The lowest BCUT2D eigenvalue weighted by Crippen LogP contribution is -1.98. The topological polar surface area (TPSA) is 26.3 Å². The monoisotopic (exact) mass is 422 g/mol. The van der Waals surface area contributed by atoms with Gasteiger partial charge in [-0.05, 0) is 6.42 Å². The van der Waals surface area contributed by atoms with Crippen molar-refractivity contribution in [1.82, 2.24) is 0 Å². The van der Waals surface area contributed by atoms with Gasteiger partial charge in [0.05, 0.1) is 6.26 Å². The van der Waals surface area contributed by atoms with Gasteiger partial charge in [-0.3, -0.25) is 4.79 Å². The molecule has 2 nitrogen and oxygen atoms in total. The first-order valence-corrected chi connectivity index (χ1v) is 13.6. The quantitative estimate of drug-likeness (QED) is 0.0830. The van der Waals surface area contributed by atoms with Crippen LogP contribution in [0.15, 0.2) is 12.8 Å². The molecule has 0 spiro atoms. The number of esters is 1. The molecule has 0 rings (SSSR count). The SMILES string of the molecule is C=COC(=O)CCCCCCCCCCCCCCCCCCCCCCCCC. The Balaban J connectivity index is 3.03. The maximum Gasteiger partial charge on any atom is 0.310 e. The van der Waals surface area contributed by atoms with Gasteiger partial charge in [-0.1, -0.05) is 155 Å². The van der Waals surface area contributed by atoms with Gasteiger partial charge < -0.3 is 4.74 Å². The Bertz CT molecular complexity index is 351. The molecule has 0 bridgehead atoms. The fourth-order valence-corrected chi connectivity index (χ4v) is 4.21. The molecule has 0 fully saturated rings. The normalized spacial score (nSPS) is 11.0. The van der Waals surface area contributed by atoms with Gasteiger partial charge in [0, 0.05) is 6.42 Å². The zero-order valence-corrected chi connectivity index (χ0v) is 20.6. The van der Waals surface area contributed by atoms with Gasteiger partial charge in [0.15, 0.2) is 0 Å². The molecule has 0 heterocycles. The summed E-state index contributed by atoms with van der Waals surface area (Å²) in [4.78, 5) is 11.2. The Hall–Kier alpha value is -0.790. The van der Waals surface area contributed by atoms with Crippen LogP contribution in [0.2, 0.25) is 0 Å².